The van der Waals surface area contributed by atoms with Gasteiger partial charge < -0.3 is 10.2 Å². The van der Waals surface area contributed by atoms with E-state index >= 15 is 0 Å². The molecule has 2 aromatic carbocycles. The minimum absolute atomic E-state index is 0.0467. The molecule has 1 fully saturated rings. The molecule has 0 spiro atoms. The van der Waals surface area contributed by atoms with E-state index in [4.69, 9.17) is 0 Å². The minimum Gasteiger partial charge on any atom is -0.326 e. The van der Waals surface area contributed by atoms with E-state index in [1.165, 1.54) is 22.3 Å². The summed E-state index contributed by atoms with van der Waals surface area (Å²) in [5.74, 6) is 3.76. The van der Waals surface area contributed by atoms with E-state index in [-0.39, 0.29) is 30.5 Å². The Morgan fingerprint density at radius 1 is 1.19 bits per heavy atom. The summed E-state index contributed by atoms with van der Waals surface area (Å²) in [6.07, 6.45) is -0.0467. The van der Waals surface area contributed by atoms with Crippen molar-refractivity contribution in [3.05, 3.63) is 86.3 Å². The Bertz CT molecular complexity index is 1260. The lowest BCUT2D eigenvalue weighted by Crippen LogP contribution is -2.28. The molecule has 160 valence electrons. The van der Waals surface area contributed by atoms with Gasteiger partial charge in [0.05, 0.1) is 21.4 Å². The molecular weight excluding hydrogens is 433 g/mol. The summed E-state index contributed by atoms with van der Waals surface area (Å²) in [5, 5.41) is 15.7. The molecule has 2 heterocycles. The Kier molecular flexibility index (Phi) is 5.96. The van der Waals surface area contributed by atoms with E-state index in [0.717, 1.165) is 22.6 Å². The quantitative estimate of drug-likeness (QED) is 0.367. The smallest absolute Gasteiger partial charge is 0.306 e. The number of nitro groups is 1. The molecule has 32 heavy (non-hydrogen) atoms. The number of amides is 2. The summed E-state index contributed by atoms with van der Waals surface area (Å²) in [4.78, 5) is 37.5. The van der Waals surface area contributed by atoms with Crippen molar-refractivity contribution in [2.45, 2.75) is 6.42 Å². The van der Waals surface area contributed by atoms with Crippen LogP contribution in [0, 0.1) is 33.7 Å². The minimum atomic E-state index is -0.984. The third kappa shape index (κ3) is 4.66. The van der Waals surface area contributed by atoms with Crippen LogP contribution in [0.4, 0.5) is 21.5 Å². The number of hydrogen-bond acceptors (Lipinski definition) is 5. The van der Waals surface area contributed by atoms with Gasteiger partial charge >= 0.3 is 5.69 Å². The number of carbonyl (C=O) groups excluding carboxylic acids is 2. The average Bonchev–Trinajstić information content (AvgIpc) is 3.42. The largest absolute Gasteiger partial charge is 0.326 e. The Hall–Kier alpha value is -4.03. The predicted molar refractivity (Wildman–Crippen MR) is 119 cm³/mol. The summed E-state index contributed by atoms with van der Waals surface area (Å²) in [6, 6.07) is 14.2. The van der Waals surface area contributed by atoms with Gasteiger partial charge in [0.25, 0.3) is 0 Å². The monoisotopic (exact) mass is 449 g/mol. The summed E-state index contributed by atoms with van der Waals surface area (Å²) in [5.41, 5.74) is 0.753. The molecular formula is C23H16FN3O4S. The van der Waals surface area contributed by atoms with Gasteiger partial charge in [0, 0.05) is 30.3 Å². The Morgan fingerprint density at radius 2 is 2.03 bits per heavy atom. The van der Waals surface area contributed by atoms with Crippen LogP contribution in [0.25, 0.3) is 0 Å². The lowest BCUT2D eigenvalue weighted by atomic mass is 10.1. The molecule has 1 aliphatic heterocycles. The molecule has 1 unspecified atom stereocenters. The fourth-order valence-electron chi connectivity index (χ4n) is 3.34. The molecule has 1 saturated heterocycles. The number of hydrogen-bond donors (Lipinski definition) is 1. The fourth-order valence-corrected chi connectivity index (χ4v) is 3.91. The van der Waals surface area contributed by atoms with Gasteiger partial charge in [-0.25, -0.2) is 0 Å². The average molecular weight is 449 g/mol. The van der Waals surface area contributed by atoms with Crippen LogP contribution in [0.3, 0.4) is 0 Å². The SMILES string of the molecule is O=C(Nc1cccc(C#Cc2cccs2)c1)C1CC(=O)N(c2ccc(F)c([N+](=O)[O-])c2)C1. The van der Waals surface area contributed by atoms with Crippen molar-refractivity contribution < 1.29 is 18.9 Å². The molecule has 0 saturated carbocycles. The van der Waals surface area contributed by atoms with E-state index in [0.29, 0.717) is 5.69 Å². The van der Waals surface area contributed by atoms with Gasteiger partial charge in [-0.1, -0.05) is 24.0 Å². The summed E-state index contributed by atoms with van der Waals surface area (Å²) >= 11 is 1.54. The summed E-state index contributed by atoms with van der Waals surface area (Å²) in [7, 11) is 0. The molecule has 2 amide bonds. The van der Waals surface area contributed by atoms with Gasteiger partial charge in [-0.05, 0) is 41.8 Å². The van der Waals surface area contributed by atoms with Crippen LogP contribution < -0.4 is 10.2 Å². The van der Waals surface area contributed by atoms with Gasteiger partial charge in [-0.15, -0.1) is 11.3 Å². The van der Waals surface area contributed by atoms with Crippen LogP contribution in [0.15, 0.2) is 60.0 Å². The lowest BCUT2D eigenvalue weighted by Gasteiger charge is -2.16. The van der Waals surface area contributed by atoms with Crippen LogP contribution in [0.5, 0.6) is 0 Å². The van der Waals surface area contributed by atoms with E-state index < -0.39 is 22.3 Å². The third-order valence-corrected chi connectivity index (χ3v) is 5.70. The zero-order chi connectivity index (χ0) is 22.7. The van der Waals surface area contributed by atoms with E-state index in [1.807, 2.05) is 23.6 Å². The second kappa shape index (κ2) is 8.99. The number of thiophene rings is 1. The van der Waals surface area contributed by atoms with Crippen molar-refractivity contribution in [2.75, 3.05) is 16.8 Å². The van der Waals surface area contributed by atoms with E-state index in [9.17, 15) is 24.1 Å². The standard InChI is InChI=1S/C23H16FN3O4S/c24-20-9-7-18(13-21(20)27(30)31)26-14-16(12-22(26)28)23(29)25-17-4-1-3-15(11-17)6-8-19-5-2-10-32-19/h1-5,7,9-11,13,16H,12,14H2,(H,25,29). The van der Waals surface area contributed by atoms with Crippen molar-refractivity contribution in [1.29, 1.82) is 0 Å². The topological polar surface area (TPSA) is 92.6 Å². The fraction of sp³-hybridized carbons (Fsp3) is 0.130. The molecule has 0 aliphatic carbocycles. The predicted octanol–water partition coefficient (Wildman–Crippen LogP) is 4.19. The first-order chi connectivity index (χ1) is 15.4. The number of rotatable bonds is 4. The zero-order valence-electron chi connectivity index (χ0n) is 16.6. The molecule has 1 aromatic heterocycles. The number of carbonyl (C=O) groups is 2. The Labute approximate surface area is 186 Å². The van der Waals surface area contributed by atoms with Gasteiger partial charge in [0.1, 0.15) is 0 Å². The van der Waals surface area contributed by atoms with Gasteiger partial charge in [-0.3, -0.25) is 19.7 Å². The highest BCUT2D eigenvalue weighted by Gasteiger charge is 2.36. The number of benzene rings is 2. The number of halogens is 1. The molecule has 1 N–H and O–H groups in total. The maximum atomic E-state index is 13.6. The summed E-state index contributed by atoms with van der Waals surface area (Å²) in [6.45, 7) is 0.0470. The number of nitrogens with one attached hydrogen (secondary N) is 1. The highest BCUT2D eigenvalue weighted by atomic mass is 32.1. The Balaban J connectivity index is 1.45. The van der Waals surface area contributed by atoms with Gasteiger partial charge in [0.2, 0.25) is 17.6 Å². The van der Waals surface area contributed by atoms with Crippen LogP contribution in [0.2, 0.25) is 0 Å². The van der Waals surface area contributed by atoms with Crippen molar-refractivity contribution in [2.24, 2.45) is 5.92 Å². The molecule has 9 heteroatoms. The van der Waals surface area contributed by atoms with Crippen molar-refractivity contribution >= 4 is 40.2 Å². The third-order valence-electron chi connectivity index (χ3n) is 4.92. The number of anilines is 2. The first-order valence-electron chi connectivity index (χ1n) is 9.61. The van der Waals surface area contributed by atoms with Crippen LogP contribution >= 0.6 is 11.3 Å². The molecule has 4 rings (SSSR count). The van der Waals surface area contributed by atoms with E-state index in [1.54, 1.807) is 18.2 Å². The van der Waals surface area contributed by atoms with Crippen molar-refractivity contribution in [3.8, 4) is 11.8 Å². The summed E-state index contributed by atoms with van der Waals surface area (Å²) < 4.78 is 13.6. The van der Waals surface area contributed by atoms with Gasteiger partial charge in [-0.2, -0.15) is 4.39 Å². The highest BCUT2D eigenvalue weighted by molar-refractivity contribution is 7.10. The normalized spacial score (nSPS) is 15.2. The van der Waals surface area contributed by atoms with E-state index in [2.05, 4.69) is 17.2 Å². The maximum Gasteiger partial charge on any atom is 0.306 e. The number of nitro benzene ring substituents is 1. The first-order valence-corrected chi connectivity index (χ1v) is 10.5. The van der Waals surface area contributed by atoms with Crippen LogP contribution in [-0.2, 0) is 9.59 Å². The molecule has 1 aliphatic rings. The van der Waals surface area contributed by atoms with Gasteiger partial charge in [0.15, 0.2) is 0 Å². The lowest BCUT2D eigenvalue weighted by molar-refractivity contribution is -0.387. The molecule has 1 atom stereocenters. The van der Waals surface area contributed by atoms with Crippen molar-refractivity contribution in [1.82, 2.24) is 0 Å². The van der Waals surface area contributed by atoms with Crippen molar-refractivity contribution in [3.63, 3.8) is 0 Å². The molecule has 7 nitrogen and oxygen atoms in total. The second-order valence-electron chi connectivity index (χ2n) is 7.10. The molecule has 3 aromatic rings. The molecule has 0 radical (unpaired) electrons. The van der Waals surface area contributed by atoms with Crippen LogP contribution in [-0.4, -0.2) is 23.3 Å². The number of nitrogens with zero attached hydrogens (tertiary/aromatic N) is 2. The Morgan fingerprint density at radius 3 is 2.78 bits per heavy atom. The zero-order valence-corrected chi connectivity index (χ0v) is 17.4. The molecule has 0 bridgehead atoms. The first kappa shape index (κ1) is 21.2. The maximum absolute atomic E-state index is 13.6. The van der Waals surface area contributed by atoms with Crippen LogP contribution in [0.1, 0.15) is 16.9 Å². The highest BCUT2D eigenvalue weighted by Crippen LogP contribution is 2.30. The second-order valence-corrected chi connectivity index (χ2v) is 8.04.